The third-order valence-electron chi connectivity index (χ3n) is 4.03. The summed E-state index contributed by atoms with van der Waals surface area (Å²) in [6.45, 7) is 5.62. The van der Waals surface area contributed by atoms with Crippen LogP contribution in [0.2, 0.25) is 0 Å². The van der Waals surface area contributed by atoms with Crippen molar-refractivity contribution in [2.45, 2.75) is 51.1 Å². The van der Waals surface area contributed by atoms with Crippen molar-refractivity contribution in [3.05, 3.63) is 40.5 Å². The fraction of sp³-hybridized carbons (Fsp3) is 0.438. The third kappa shape index (κ3) is 3.56. The van der Waals surface area contributed by atoms with Crippen LogP contribution in [0.1, 0.15) is 38.9 Å². The normalized spacial score (nSPS) is 13.3. The molecule has 1 N–H and O–H groups in total. The zero-order valence-corrected chi connectivity index (χ0v) is 15.5. The molecule has 2 aromatic heterocycles. The molecule has 0 aliphatic carbocycles. The lowest BCUT2D eigenvalue weighted by Crippen LogP contribution is -2.31. The maximum absolute atomic E-state index is 12.4. The van der Waals surface area contributed by atoms with Gasteiger partial charge in [0.2, 0.25) is 15.9 Å². The van der Waals surface area contributed by atoms with Crippen molar-refractivity contribution in [3.8, 4) is 0 Å². The smallest absolute Gasteiger partial charge is 0.408 e. The van der Waals surface area contributed by atoms with Gasteiger partial charge in [0.1, 0.15) is 0 Å². The van der Waals surface area contributed by atoms with Gasteiger partial charge in [0, 0.05) is 18.5 Å². The molecule has 140 valence electrons. The molecule has 3 rings (SSSR count). The molecule has 2 heterocycles. The van der Waals surface area contributed by atoms with E-state index >= 15 is 0 Å². The molecule has 0 fully saturated rings. The van der Waals surface area contributed by atoms with Crippen LogP contribution < -0.4 is 10.5 Å². The van der Waals surface area contributed by atoms with Crippen molar-refractivity contribution in [1.29, 1.82) is 0 Å². The molecule has 1 aromatic carbocycles. The molecule has 3 aromatic rings. The van der Waals surface area contributed by atoms with E-state index in [1.165, 1.54) is 22.8 Å². The fourth-order valence-corrected chi connectivity index (χ4v) is 3.76. The monoisotopic (exact) mass is 380 g/mol. The van der Waals surface area contributed by atoms with Gasteiger partial charge in [-0.25, -0.2) is 17.9 Å². The first-order chi connectivity index (χ1) is 12.3. The molecule has 0 spiro atoms. The number of rotatable bonds is 7. The molecule has 0 unspecified atom stereocenters. The topological polar surface area (TPSA) is 120 Å². The number of oxazole rings is 1. The minimum atomic E-state index is -3.69. The average molecular weight is 380 g/mol. The van der Waals surface area contributed by atoms with Gasteiger partial charge in [0.15, 0.2) is 11.4 Å². The lowest BCUT2D eigenvalue weighted by Gasteiger charge is -2.11. The van der Waals surface area contributed by atoms with E-state index in [-0.39, 0.29) is 23.1 Å². The fourth-order valence-electron chi connectivity index (χ4n) is 2.42. The Morgan fingerprint density at radius 1 is 1.31 bits per heavy atom. The van der Waals surface area contributed by atoms with E-state index in [0.29, 0.717) is 30.1 Å². The Morgan fingerprint density at radius 2 is 2.08 bits per heavy atom. The minimum Gasteiger partial charge on any atom is -0.408 e. The van der Waals surface area contributed by atoms with Crippen LogP contribution in [0.3, 0.4) is 0 Å². The predicted octanol–water partition coefficient (Wildman–Crippen LogP) is 1.66. The lowest BCUT2D eigenvalue weighted by atomic mass is 10.3. The maximum Gasteiger partial charge on any atom is 0.420 e. The van der Waals surface area contributed by atoms with Gasteiger partial charge in [-0.2, -0.15) is 4.98 Å². The summed E-state index contributed by atoms with van der Waals surface area (Å²) in [5.41, 5.74) is 0.640. The van der Waals surface area contributed by atoms with Crippen molar-refractivity contribution in [3.63, 3.8) is 0 Å². The van der Waals surface area contributed by atoms with Gasteiger partial charge in [0.05, 0.1) is 17.0 Å². The van der Waals surface area contributed by atoms with Crippen LogP contribution >= 0.6 is 0 Å². The molecule has 0 aliphatic heterocycles. The first-order valence-corrected chi connectivity index (χ1v) is 9.79. The van der Waals surface area contributed by atoms with E-state index in [1.54, 1.807) is 6.92 Å². The molecule has 0 saturated heterocycles. The summed E-state index contributed by atoms with van der Waals surface area (Å²) in [7, 11) is -3.69. The third-order valence-corrected chi connectivity index (χ3v) is 5.62. The second-order valence-corrected chi connectivity index (χ2v) is 7.69. The van der Waals surface area contributed by atoms with Gasteiger partial charge in [-0.05, 0) is 25.5 Å². The number of benzene rings is 1. The number of sulfonamides is 1. The SMILES string of the molecule is CCc1nc(Cn2c(=O)oc3cc(S(=O)(=O)N[C@H](C)CC)ccc32)no1. The Morgan fingerprint density at radius 3 is 2.73 bits per heavy atom. The lowest BCUT2D eigenvalue weighted by molar-refractivity contribution is 0.375. The minimum absolute atomic E-state index is 0.0408. The number of hydrogen-bond donors (Lipinski definition) is 1. The average Bonchev–Trinajstić information content (AvgIpc) is 3.18. The molecule has 0 bridgehead atoms. The van der Waals surface area contributed by atoms with Gasteiger partial charge in [-0.15, -0.1) is 0 Å². The largest absolute Gasteiger partial charge is 0.420 e. The molecular weight excluding hydrogens is 360 g/mol. The molecule has 0 amide bonds. The molecular formula is C16H20N4O5S. The Kier molecular flexibility index (Phi) is 4.97. The van der Waals surface area contributed by atoms with Gasteiger partial charge >= 0.3 is 5.76 Å². The van der Waals surface area contributed by atoms with E-state index < -0.39 is 15.8 Å². The summed E-state index contributed by atoms with van der Waals surface area (Å²) in [6, 6.07) is 4.11. The van der Waals surface area contributed by atoms with Crippen LogP contribution in [0.5, 0.6) is 0 Å². The summed E-state index contributed by atoms with van der Waals surface area (Å²) < 4.78 is 38.9. The number of fused-ring (bicyclic) bond motifs is 1. The molecule has 10 heteroatoms. The van der Waals surface area contributed by atoms with Crippen LogP contribution in [0.4, 0.5) is 0 Å². The van der Waals surface area contributed by atoms with E-state index in [0.717, 1.165) is 0 Å². The Bertz CT molecular complexity index is 1080. The molecule has 0 saturated carbocycles. The van der Waals surface area contributed by atoms with Gasteiger partial charge < -0.3 is 8.94 Å². The number of nitrogens with zero attached hydrogens (tertiary/aromatic N) is 3. The van der Waals surface area contributed by atoms with Crippen LogP contribution in [0.15, 0.2) is 36.8 Å². The van der Waals surface area contributed by atoms with Crippen molar-refractivity contribution in [2.24, 2.45) is 0 Å². The zero-order valence-electron chi connectivity index (χ0n) is 14.7. The van der Waals surface area contributed by atoms with Crippen LogP contribution in [0.25, 0.3) is 11.1 Å². The Labute approximate surface area is 150 Å². The van der Waals surface area contributed by atoms with E-state index in [1.807, 2.05) is 13.8 Å². The van der Waals surface area contributed by atoms with E-state index in [2.05, 4.69) is 14.9 Å². The van der Waals surface area contributed by atoms with Gasteiger partial charge in [0.25, 0.3) is 0 Å². The quantitative estimate of drug-likeness (QED) is 0.662. The van der Waals surface area contributed by atoms with Gasteiger partial charge in [-0.1, -0.05) is 19.0 Å². The molecule has 1 atom stereocenters. The second-order valence-electron chi connectivity index (χ2n) is 5.97. The first kappa shape index (κ1) is 18.3. The zero-order chi connectivity index (χ0) is 18.9. The van der Waals surface area contributed by atoms with Crippen molar-refractivity contribution in [1.82, 2.24) is 19.4 Å². The summed E-state index contributed by atoms with van der Waals surface area (Å²) in [5, 5.41) is 3.82. The number of aryl methyl sites for hydroxylation is 1. The highest BCUT2D eigenvalue weighted by Gasteiger charge is 2.20. The summed E-state index contributed by atoms with van der Waals surface area (Å²) >= 11 is 0. The number of nitrogens with one attached hydrogen (secondary N) is 1. The highest BCUT2D eigenvalue weighted by Crippen LogP contribution is 2.19. The predicted molar refractivity (Wildman–Crippen MR) is 93.3 cm³/mol. The summed E-state index contributed by atoms with van der Waals surface area (Å²) in [5.74, 6) is 0.208. The highest BCUT2D eigenvalue weighted by atomic mass is 32.2. The van der Waals surface area contributed by atoms with Crippen LogP contribution in [0, 0.1) is 0 Å². The first-order valence-electron chi connectivity index (χ1n) is 8.31. The Hall–Kier alpha value is -2.46. The molecule has 0 radical (unpaired) electrons. The van der Waals surface area contributed by atoms with E-state index in [4.69, 9.17) is 8.94 Å². The number of hydrogen-bond acceptors (Lipinski definition) is 7. The van der Waals surface area contributed by atoms with Gasteiger partial charge in [-0.3, -0.25) is 4.57 Å². The van der Waals surface area contributed by atoms with Crippen molar-refractivity contribution < 1.29 is 17.4 Å². The summed E-state index contributed by atoms with van der Waals surface area (Å²) in [6.07, 6.45) is 1.26. The van der Waals surface area contributed by atoms with E-state index in [9.17, 15) is 13.2 Å². The number of aromatic nitrogens is 3. The van der Waals surface area contributed by atoms with Crippen LogP contribution in [-0.2, 0) is 23.0 Å². The highest BCUT2D eigenvalue weighted by molar-refractivity contribution is 7.89. The second kappa shape index (κ2) is 7.04. The molecule has 26 heavy (non-hydrogen) atoms. The van der Waals surface area contributed by atoms with Crippen molar-refractivity contribution >= 4 is 21.1 Å². The van der Waals surface area contributed by atoms with Crippen LogP contribution in [-0.4, -0.2) is 29.2 Å². The summed E-state index contributed by atoms with van der Waals surface area (Å²) in [4.78, 5) is 16.4. The standard InChI is InChI=1S/C16H20N4O5S/c1-4-10(3)19-26(22,23)11-6-7-12-13(8-11)24-16(21)20(12)9-14-17-15(5-2)25-18-14/h6-8,10,19H,4-5,9H2,1-3H3/t10-/m1/s1. The molecule has 0 aliphatic rings. The maximum atomic E-state index is 12.4. The Balaban J connectivity index is 1.96. The molecule has 9 nitrogen and oxygen atoms in total. The van der Waals surface area contributed by atoms with Crippen molar-refractivity contribution in [2.75, 3.05) is 0 Å².